The van der Waals surface area contributed by atoms with Gasteiger partial charge in [0.2, 0.25) is 0 Å². The lowest BCUT2D eigenvalue weighted by molar-refractivity contribution is 0.102. The summed E-state index contributed by atoms with van der Waals surface area (Å²) in [5.41, 5.74) is 1.49. The summed E-state index contributed by atoms with van der Waals surface area (Å²) < 4.78 is 19.7. The number of halogens is 1. The first-order valence-corrected chi connectivity index (χ1v) is 8.22. The van der Waals surface area contributed by atoms with Gasteiger partial charge in [0.15, 0.2) is 11.6 Å². The highest BCUT2D eigenvalue weighted by molar-refractivity contribution is 6.06. The maximum Gasteiger partial charge on any atom is 0.255 e. The third kappa shape index (κ3) is 3.74. The molecule has 5 nitrogen and oxygen atoms in total. The van der Waals surface area contributed by atoms with Crippen molar-refractivity contribution in [2.24, 2.45) is 0 Å². The van der Waals surface area contributed by atoms with Crippen molar-refractivity contribution < 1.29 is 13.9 Å². The van der Waals surface area contributed by atoms with Crippen LogP contribution in [0.3, 0.4) is 0 Å². The molecule has 132 valence electrons. The Hall–Kier alpha value is -3.80. The van der Waals surface area contributed by atoms with E-state index in [0.29, 0.717) is 17.0 Å². The van der Waals surface area contributed by atoms with Gasteiger partial charge in [-0.1, -0.05) is 12.1 Å². The van der Waals surface area contributed by atoms with Crippen molar-refractivity contribution in [3.8, 4) is 11.5 Å². The van der Waals surface area contributed by atoms with Crippen LogP contribution in [-0.4, -0.2) is 15.9 Å². The van der Waals surface area contributed by atoms with Crippen LogP contribution >= 0.6 is 0 Å². The molecule has 0 unspecified atom stereocenters. The van der Waals surface area contributed by atoms with Crippen LogP contribution in [-0.2, 0) is 0 Å². The van der Waals surface area contributed by atoms with Gasteiger partial charge in [-0.15, -0.1) is 0 Å². The van der Waals surface area contributed by atoms with Crippen LogP contribution in [0, 0.1) is 5.82 Å². The fourth-order valence-corrected chi connectivity index (χ4v) is 2.61. The third-order valence-corrected chi connectivity index (χ3v) is 3.92. The molecule has 0 spiro atoms. The fourth-order valence-electron chi connectivity index (χ4n) is 2.61. The quantitative estimate of drug-likeness (QED) is 0.568. The predicted octanol–water partition coefficient (Wildman–Crippen LogP) is 4.81. The number of aromatic nitrogens is 2. The highest BCUT2D eigenvalue weighted by Crippen LogP contribution is 2.26. The third-order valence-electron chi connectivity index (χ3n) is 3.92. The highest BCUT2D eigenvalue weighted by Gasteiger charge is 2.11. The molecule has 1 N–H and O–H groups in total. The van der Waals surface area contributed by atoms with Crippen LogP contribution in [0.4, 0.5) is 10.1 Å². The molecule has 0 saturated heterocycles. The van der Waals surface area contributed by atoms with E-state index in [2.05, 4.69) is 15.3 Å². The molecule has 0 aliphatic rings. The number of pyridine rings is 2. The first kappa shape index (κ1) is 16.7. The Bertz CT molecular complexity index is 1120. The van der Waals surface area contributed by atoms with Crippen LogP contribution in [0.2, 0.25) is 0 Å². The maximum absolute atomic E-state index is 14.3. The van der Waals surface area contributed by atoms with E-state index in [1.165, 1.54) is 18.3 Å². The predicted molar refractivity (Wildman–Crippen MR) is 100 cm³/mol. The lowest BCUT2D eigenvalue weighted by atomic mass is 10.1. The Morgan fingerprint density at radius 3 is 2.70 bits per heavy atom. The molecule has 1 amide bonds. The van der Waals surface area contributed by atoms with Gasteiger partial charge in [-0.3, -0.25) is 14.8 Å². The molecule has 2 heterocycles. The number of ether oxygens (including phenoxy) is 1. The minimum atomic E-state index is -0.586. The molecule has 4 aromatic rings. The molecular weight excluding hydrogens is 345 g/mol. The zero-order valence-corrected chi connectivity index (χ0v) is 14.1. The van der Waals surface area contributed by atoms with Crippen LogP contribution in [0.25, 0.3) is 10.9 Å². The number of benzene rings is 2. The Morgan fingerprint density at radius 2 is 1.89 bits per heavy atom. The van der Waals surface area contributed by atoms with Gasteiger partial charge >= 0.3 is 0 Å². The highest BCUT2D eigenvalue weighted by atomic mass is 19.1. The molecule has 0 radical (unpaired) electrons. The van der Waals surface area contributed by atoms with Crippen molar-refractivity contribution in [2.45, 2.75) is 0 Å². The van der Waals surface area contributed by atoms with Crippen LogP contribution in [0.1, 0.15) is 10.4 Å². The number of amides is 1. The van der Waals surface area contributed by atoms with E-state index in [1.807, 2.05) is 18.2 Å². The molecule has 0 aliphatic carbocycles. The summed E-state index contributed by atoms with van der Waals surface area (Å²) in [6.45, 7) is 0. The number of carbonyl (C=O) groups excluding carboxylic acids is 1. The molecule has 0 fully saturated rings. The zero-order chi connectivity index (χ0) is 18.6. The van der Waals surface area contributed by atoms with Crippen LogP contribution in [0.5, 0.6) is 11.5 Å². The van der Waals surface area contributed by atoms with Gasteiger partial charge in [0, 0.05) is 35.1 Å². The van der Waals surface area contributed by atoms with Gasteiger partial charge in [-0.25, -0.2) is 4.39 Å². The van der Waals surface area contributed by atoms with Crippen molar-refractivity contribution in [2.75, 3.05) is 5.32 Å². The first-order valence-electron chi connectivity index (χ1n) is 8.22. The van der Waals surface area contributed by atoms with Crippen LogP contribution < -0.4 is 10.1 Å². The summed E-state index contributed by atoms with van der Waals surface area (Å²) in [7, 11) is 0. The number of nitrogens with one attached hydrogen (secondary N) is 1. The Morgan fingerprint density at radius 1 is 1.00 bits per heavy atom. The summed E-state index contributed by atoms with van der Waals surface area (Å²) in [5, 5.41) is 3.62. The second kappa shape index (κ2) is 7.21. The topological polar surface area (TPSA) is 64.1 Å². The molecule has 2 aromatic carbocycles. The summed E-state index contributed by atoms with van der Waals surface area (Å²) in [6, 6.07) is 16.6. The van der Waals surface area contributed by atoms with Gasteiger partial charge in [0.1, 0.15) is 5.75 Å². The molecule has 4 rings (SSSR count). The normalized spacial score (nSPS) is 10.6. The average molecular weight is 359 g/mol. The van der Waals surface area contributed by atoms with E-state index in [9.17, 15) is 9.18 Å². The first-order chi connectivity index (χ1) is 13.2. The second-order valence-corrected chi connectivity index (χ2v) is 5.80. The van der Waals surface area contributed by atoms with E-state index in [1.54, 1.807) is 42.7 Å². The molecular formula is C21H14FN3O2. The number of anilines is 1. The van der Waals surface area contributed by atoms with Crippen molar-refractivity contribution >= 4 is 22.5 Å². The molecule has 27 heavy (non-hydrogen) atoms. The number of fused-ring (bicyclic) bond motifs is 1. The van der Waals surface area contributed by atoms with Crippen molar-refractivity contribution in [1.29, 1.82) is 0 Å². The largest absolute Gasteiger partial charge is 0.453 e. The molecule has 0 saturated carbocycles. The van der Waals surface area contributed by atoms with E-state index in [4.69, 9.17) is 4.74 Å². The van der Waals surface area contributed by atoms with E-state index < -0.39 is 5.82 Å². The summed E-state index contributed by atoms with van der Waals surface area (Å²) in [4.78, 5) is 20.6. The average Bonchev–Trinajstić information content (AvgIpc) is 2.70. The number of carbonyl (C=O) groups is 1. The van der Waals surface area contributed by atoms with E-state index in [0.717, 1.165) is 10.9 Å². The van der Waals surface area contributed by atoms with Gasteiger partial charge in [0.05, 0.1) is 11.7 Å². The lowest BCUT2D eigenvalue weighted by Crippen LogP contribution is -2.12. The second-order valence-electron chi connectivity index (χ2n) is 5.80. The monoisotopic (exact) mass is 359 g/mol. The van der Waals surface area contributed by atoms with Gasteiger partial charge in [-0.2, -0.15) is 0 Å². The number of hydrogen-bond acceptors (Lipinski definition) is 4. The summed E-state index contributed by atoms with van der Waals surface area (Å²) in [5.74, 6) is -0.451. The zero-order valence-electron chi connectivity index (χ0n) is 14.1. The lowest BCUT2D eigenvalue weighted by Gasteiger charge is -2.09. The minimum Gasteiger partial charge on any atom is -0.453 e. The van der Waals surface area contributed by atoms with E-state index >= 15 is 0 Å². The van der Waals surface area contributed by atoms with Crippen LogP contribution in [0.15, 0.2) is 79.3 Å². The number of hydrogen-bond donors (Lipinski definition) is 1. The van der Waals surface area contributed by atoms with Gasteiger partial charge in [0.25, 0.3) is 5.91 Å². The van der Waals surface area contributed by atoms with E-state index in [-0.39, 0.29) is 11.7 Å². The molecule has 0 aliphatic heterocycles. The minimum absolute atomic E-state index is 0.0518. The Balaban J connectivity index is 1.51. The SMILES string of the molecule is O=C(Nc1ccc(Oc2cccnc2)c(F)c1)c1ccc2cccnc2c1. The number of rotatable bonds is 4. The summed E-state index contributed by atoms with van der Waals surface area (Å²) in [6.07, 6.45) is 4.76. The smallest absolute Gasteiger partial charge is 0.255 e. The standard InChI is InChI=1S/C21H14FN3O2/c22-18-12-16(7-8-20(18)27-17-4-2-9-23-13-17)25-21(26)15-6-5-14-3-1-10-24-19(14)11-15/h1-13H,(H,25,26). The molecule has 0 bridgehead atoms. The Labute approximate surface area is 154 Å². The fraction of sp³-hybridized carbons (Fsp3) is 0. The van der Waals surface area contributed by atoms with Crippen molar-refractivity contribution in [3.05, 3.63) is 90.6 Å². The van der Waals surface area contributed by atoms with Crippen molar-refractivity contribution in [1.82, 2.24) is 9.97 Å². The van der Waals surface area contributed by atoms with Gasteiger partial charge in [-0.05, 0) is 42.5 Å². The maximum atomic E-state index is 14.3. The molecule has 0 atom stereocenters. The molecule has 2 aromatic heterocycles. The molecule has 6 heteroatoms. The Kier molecular flexibility index (Phi) is 4.45. The summed E-state index contributed by atoms with van der Waals surface area (Å²) >= 11 is 0. The van der Waals surface area contributed by atoms with Gasteiger partial charge < -0.3 is 10.1 Å². The van der Waals surface area contributed by atoms with Crippen molar-refractivity contribution in [3.63, 3.8) is 0 Å². The number of nitrogens with zero attached hydrogens (tertiary/aromatic N) is 2.